The fourth-order valence-electron chi connectivity index (χ4n) is 1.21. The Balaban J connectivity index is 2.92. The Bertz CT molecular complexity index is 329. The number of hydrogen-bond acceptors (Lipinski definition) is 5. The van der Waals surface area contributed by atoms with Crippen molar-refractivity contribution in [3.63, 3.8) is 0 Å². The summed E-state index contributed by atoms with van der Waals surface area (Å²) >= 11 is 3.87. The molecule has 0 bridgehead atoms. The van der Waals surface area contributed by atoms with Crippen molar-refractivity contribution in [2.45, 2.75) is 12.2 Å². The van der Waals surface area contributed by atoms with Crippen LogP contribution in [-0.2, 0) is 0 Å². The van der Waals surface area contributed by atoms with Gasteiger partial charge in [0.2, 0.25) is 0 Å². The quantitative estimate of drug-likeness (QED) is 0.575. The van der Waals surface area contributed by atoms with E-state index in [2.05, 4.69) is 12.6 Å². The minimum absolute atomic E-state index is 0.0691. The molecule has 4 nitrogen and oxygen atoms in total. The number of phenols is 1. The van der Waals surface area contributed by atoms with Crippen LogP contribution in [0.25, 0.3) is 0 Å². The molecule has 0 heterocycles. The molecular formula is C10H14O4S. The van der Waals surface area contributed by atoms with E-state index in [1.165, 1.54) is 19.2 Å². The van der Waals surface area contributed by atoms with E-state index in [4.69, 9.17) is 4.74 Å². The Morgan fingerprint density at radius 2 is 2.07 bits per heavy atom. The molecule has 15 heavy (non-hydrogen) atoms. The summed E-state index contributed by atoms with van der Waals surface area (Å²) in [6.45, 7) is 0. The molecule has 0 fully saturated rings. The zero-order chi connectivity index (χ0) is 11.4. The summed E-state index contributed by atoms with van der Waals surface area (Å²) in [7, 11) is 1.44. The van der Waals surface area contributed by atoms with Crippen LogP contribution in [0.4, 0.5) is 0 Å². The largest absolute Gasteiger partial charge is 0.504 e. The van der Waals surface area contributed by atoms with Gasteiger partial charge in [-0.2, -0.15) is 12.6 Å². The third-order valence-corrected chi connectivity index (χ3v) is 2.47. The first-order chi connectivity index (χ1) is 7.10. The highest BCUT2D eigenvalue weighted by molar-refractivity contribution is 7.80. The van der Waals surface area contributed by atoms with Crippen LogP contribution in [0.5, 0.6) is 11.5 Å². The fraction of sp³-hybridized carbons (Fsp3) is 0.400. The molecule has 1 aromatic carbocycles. The molecule has 0 aliphatic heterocycles. The summed E-state index contributed by atoms with van der Waals surface area (Å²) in [5.41, 5.74) is 0.426. The van der Waals surface area contributed by atoms with Crippen LogP contribution in [0.2, 0.25) is 0 Å². The molecule has 0 saturated carbocycles. The Labute approximate surface area is 93.5 Å². The Morgan fingerprint density at radius 1 is 1.40 bits per heavy atom. The van der Waals surface area contributed by atoms with Gasteiger partial charge < -0.3 is 20.1 Å². The van der Waals surface area contributed by atoms with Gasteiger partial charge in [0.1, 0.15) is 6.10 Å². The number of phenolic OH excluding ortho intramolecular Hbond substituents is 1. The van der Waals surface area contributed by atoms with E-state index < -0.39 is 12.2 Å². The number of rotatable bonds is 4. The lowest BCUT2D eigenvalue weighted by molar-refractivity contribution is 0.0336. The molecule has 84 valence electrons. The van der Waals surface area contributed by atoms with Crippen molar-refractivity contribution < 1.29 is 20.1 Å². The van der Waals surface area contributed by atoms with Gasteiger partial charge in [-0.05, 0) is 17.7 Å². The van der Waals surface area contributed by atoms with Crippen LogP contribution in [0.3, 0.4) is 0 Å². The lowest BCUT2D eigenvalue weighted by Gasteiger charge is -2.16. The third-order valence-electron chi connectivity index (χ3n) is 2.10. The second-order valence-corrected chi connectivity index (χ2v) is 3.49. The average Bonchev–Trinajstić information content (AvgIpc) is 2.26. The standard InChI is InChI=1S/C10H14O4S/c1-14-9-3-2-6(4-7(9)11)10(13)8(12)5-15/h2-4,8,10-13,15H,5H2,1H3. The Kier molecular flexibility index (Phi) is 4.26. The fourth-order valence-corrected chi connectivity index (χ4v) is 1.41. The smallest absolute Gasteiger partial charge is 0.160 e. The second kappa shape index (κ2) is 5.25. The van der Waals surface area contributed by atoms with E-state index in [9.17, 15) is 15.3 Å². The number of aliphatic hydroxyl groups is 2. The van der Waals surface area contributed by atoms with Crippen LogP contribution >= 0.6 is 12.6 Å². The molecule has 1 aromatic rings. The van der Waals surface area contributed by atoms with Gasteiger partial charge in [0, 0.05) is 5.75 Å². The number of hydrogen-bond donors (Lipinski definition) is 4. The SMILES string of the molecule is COc1ccc(C(O)C(O)CS)cc1O. The molecule has 2 unspecified atom stereocenters. The number of aromatic hydroxyl groups is 1. The van der Waals surface area contributed by atoms with E-state index >= 15 is 0 Å². The molecule has 0 aliphatic carbocycles. The molecule has 0 radical (unpaired) electrons. The molecule has 1 rings (SSSR count). The minimum atomic E-state index is -1.06. The molecule has 0 aliphatic rings. The van der Waals surface area contributed by atoms with Gasteiger partial charge in [-0.15, -0.1) is 0 Å². The predicted octanol–water partition coefficient (Wildman–Crippen LogP) is 0.725. The van der Waals surface area contributed by atoms with E-state index in [-0.39, 0.29) is 11.5 Å². The molecule has 0 amide bonds. The van der Waals surface area contributed by atoms with Crippen LogP contribution in [0, 0.1) is 0 Å². The summed E-state index contributed by atoms with van der Waals surface area (Å²) in [6, 6.07) is 4.46. The van der Waals surface area contributed by atoms with E-state index in [0.717, 1.165) is 0 Å². The maximum atomic E-state index is 9.63. The lowest BCUT2D eigenvalue weighted by Crippen LogP contribution is -2.19. The third kappa shape index (κ3) is 2.77. The first-order valence-electron chi connectivity index (χ1n) is 4.44. The average molecular weight is 230 g/mol. The van der Waals surface area contributed by atoms with Crippen molar-refractivity contribution in [2.24, 2.45) is 0 Å². The first kappa shape index (κ1) is 12.2. The second-order valence-electron chi connectivity index (χ2n) is 3.13. The number of aliphatic hydroxyl groups excluding tert-OH is 2. The normalized spacial score (nSPS) is 14.7. The van der Waals surface area contributed by atoms with E-state index in [0.29, 0.717) is 11.3 Å². The summed E-state index contributed by atoms with van der Waals surface area (Å²) in [4.78, 5) is 0. The van der Waals surface area contributed by atoms with Crippen molar-refractivity contribution in [1.29, 1.82) is 0 Å². The van der Waals surface area contributed by atoms with Crippen molar-refractivity contribution in [3.8, 4) is 11.5 Å². The number of ether oxygens (including phenoxy) is 1. The van der Waals surface area contributed by atoms with Gasteiger partial charge in [-0.25, -0.2) is 0 Å². The first-order valence-corrected chi connectivity index (χ1v) is 5.07. The maximum Gasteiger partial charge on any atom is 0.160 e. The highest BCUT2D eigenvalue weighted by Gasteiger charge is 2.18. The van der Waals surface area contributed by atoms with Gasteiger partial charge >= 0.3 is 0 Å². The highest BCUT2D eigenvalue weighted by Crippen LogP contribution is 2.29. The predicted molar refractivity (Wildman–Crippen MR) is 59.5 cm³/mol. The summed E-state index contributed by atoms with van der Waals surface area (Å²) < 4.78 is 4.86. The molecule has 2 atom stereocenters. The van der Waals surface area contributed by atoms with Crippen LogP contribution in [0.1, 0.15) is 11.7 Å². The summed E-state index contributed by atoms with van der Waals surface area (Å²) in [5.74, 6) is 0.403. The number of thiol groups is 1. The lowest BCUT2D eigenvalue weighted by atomic mass is 10.0. The topological polar surface area (TPSA) is 69.9 Å². The van der Waals surface area contributed by atoms with Gasteiger partial charge in [0.25, 0.3) is 0 Å². The van der Waals surface area contributed by atoms with Crippen molar-refractivity contribution in [3.05, 3.63) is 23.8 Å². The molecule has 0 aromatic heterocycles. The zero-order valence-corrected chi connectivity index (χ0v) is 9.19. The molecule has 5 heteroatoms. The van der Waals surface area contributed by atoms with Crippen molar-refractivity contribution in [2.75, 3.05) is 12.9 Å². The van der Waals surface area contributed by atoms with Crippen LogP contribution in [0.15, 0.2) is 18.2 Å². The number of benzene rings is 1. The van der Waals surface area contributed by atoms with E-state index in [1.54, 1.807) is 6.07 Å². The molecular weight excluding hydrogens is 216 g/mol. The molecule has 0 saturated heterocycles. The van der Waals surface area contributed by atoms with Crippen molar-refractivity contribution >= 4 is 12.6 Å². The Hall–Kier alpha value is -0.910. The highest BCUT2D eigenvalue weighted by atomic mass is 32.1. The van der Waals surface area contributed by atoms with E-state index in [1.807, 2.05) is 0 Å². The number of methoxy groups -OCH3 is 1. The Morgan fingerprint density at radius 3 is 2.53 bits per heavy atom. The van der Waals surface area contributed by atoms with Crippen molar-refractivity contribution in [1.82, 2.24) is 0 Å². The van der Waals surface area contributed by atoms with Gasteiger partial charge in [-0.1, -0.05) is 6.07 Å². The van der Waals surface area contributed by atoms with Gasteiger partial charge in [0.05, 0.1) is 13.2 Å². The van der Waals surface area contributed by atoms with Crippen LogP contribution in [-0.4, -0.2) is 34.3 Å². The van der Waals surface area contributed by atoms with Gasteiger partial charge in [0.15, 0.2) is 11.5 Å². The molecule has 0 spiro atoms. The summed E-state index contributed by atoms with van der Waals surface area (Å²) in [5, 5.41) is 28.4. The van der Waals surface area contributed by atoms with Crippen LogP contribution < -0.4 is 4.74 Å². The molecule has 3 N–H and O–H groups in total. The zero-order valence-electron chi connectivity index (χ0n) is 8.29. The summed E-state index contributed by atoms with van der Waals surface area (Å²) in [6.07, 6.45) is -2.01. The maximum absolute atomic E-state index is 9.63. The van der Waals surface area contributed by atoms with Gasteiger partial charge in [-0.3, -0.25) is 0 Å². The minimum Gasteiger partial charge on any atom is -0.504 e. The monoisotopic (exact) mass is 230 g/mol.